The molecular weight excluding hydrogens is 268 g/mol. The summed E-state index contributed by atoms with van der Waals surface area (Å²) < 4.78 is 0. The first-order valence-corrected chi connectivity index (χ1v) is 7.62. The van der Waals surface area contributed by atoms with Crippen molar-refractivity contribution < 1.29 is 4.79 Å². The maximum Gasteiger partial charge on any atom is 0.256 e. The molecule has 0 aliphatic rings. The zero-order chi connectivity index (χ0) is 14.5. The predicted octanol–water partition coefficient (Wildman–Crippen LogP) is 3.76. The SMILES string of the molecule is CCNc1cc(C)ccc1C(=O)N(C)Cc1cccs1. The Morgan fingerprint density at radius 2 is 2.15 bits per heavy atom. The molecule has 0 aliphatic carbocycles. The summed E-state index contributed by atoms with van der Waals surface area (Å²) in [7, 11) is 1.84. The van der Waals surface area contributed by atoms with Crippen LogP contribution in [0.15, 0.2) is 35.7 Å². The van der Waals surface area contributed by atoms with E-state index in [1.54, 1.807) is 16.2 Å². The van der Waals surface area contributed by atoms with Crippen LogP contribution in [0.25, 0.3) is 0 Å². The van der Waals surface area contributed by atoms with Crippen LogP contribution in [0, 0.1) is 6.92 Å². The molecule has 0 spiro atoms. The minimum absolute atomic E-state index is 0.0503. The van der Waals surface area contributed by atoms with Gasteiger partial charge in [0.1, 0.15) is 0 Å². The van der Waals surface area contributed by atoms with E-state index in [0.29, 0.717) is 6.54 Å². The molecule has 2 rings (SSSR count). The zero-order valence-electron chi connectivity index (χ0n) is 12.1. The molecule has 2 aromatic rings. The van der Waals surface area contributed by atoms with Gasteiger partial charge in [0.15, 0.2) is 0 Å². The number of aryl methyl sites for hydroxylation is 1. The third-order valence-electron chi connectivity index (χ3n) is 3.09. The summed E-state index contributed by atoms with van der Waals surface area (Å²) in [6.07, 6.45) is 0. The smallest absolute Gasteiger partial charge is 0.256 e. The fourth-order valence-electron chi connectivity index (χ4n) is 2.10. The number of amides is 1. The number of hydrogen-bond donors (Lipinski definition) is 1. The molecular formula is C16H20N2OS. The Morgan fingerprint density at radius 3 is 2.80 bits per heavy atom. The van der Waals surface area contributed by atoms with Crippen LogP contribution >= 0.6 is 11.3 Å². The van der Waals surface area contributed by atoms with Crippen molar-refractivity contribution in [3.63, 3.8) is 0 Å². The highest BCUT2D eigenvalue weighted by Crippen LogP contribution is 2.20. The second-order valence-corrected chi connectivity index (χ2v) is 5.85. The molecule has 1 aromatic heterocycles. The second kappa shape index (κ2) is 6.57. The topological polar surface area (TPSA) is 32.3 Å². The lowest BCUT2D eigenvalue weighted by Gasteiger charge is -2.19. The van der Waals surface area contributed by atoms with E-state index >= 15 is 0 Å². The molecule has 0 saturated carbocycles. The van der Waals surface area contributed by atoms with Crippen molar-refractivity contribution in [3.8, 4) is 0 Å². The summed E-state index contributed by atoms with van der Waals surface area (Å²) in [5.74, 6) is 0.0503. The molecule has 106 valence electrons. The predicted molar refractivity (Wildman–Crippen MR) is 85.5 cm³/mol. The molecule has 4 heteroatoms. The molecule has 0 saturated heterocycles. The van der Waals surface area contributed by atoms with Gasteiger partial charge in [0.25, 0.3) is 5.91 Å². The van der Waals surface area contributed by atoms with Crippen LogP contribution < -0.4 is 5.32 Å². The van der Waals surface area contributed by atoms with Gasteiger partial charge in [-0.25, -0.2) is 0 Å². The van der Waals surface area contributed by atoms with Crippen molar-refractivity contribution >= 4 is 22.9 Å². The largest absolute Gasteiger partial charge is 0.385 e. The average molecular weight is 288 g/mol. The number of rotatable bonds is 5. The van der Waals surface area contributed by atoms with Crippen molar-refractivity contribution in [2.45, 2.75) is 20.4 Å². The third-order valence-corrected chi connectivity index (χ3v) is 3.95. The fraction of sp³-hybridized carbons (Fsp3) is 0.312. The van der Waals surface area contributed by atoms with Crippen molar-refractivity contribution in [2.24, 2.45) is 0 Å². The van der Waals surface area contributed by atoms with E-state index in [2.05, 4.69) is 11.4 Å². The fourth-order valence-corrected chi connectivity index (χ4v) is 2.85. The highest BCUT2D eigenvalue weighted by atomic mass is 32.1. The summed E-state index contributed by atoms with van der Waals surface area (Å²) in [6, 6.07) is 9.96. The summed E-state index contributed by atoms with van der Waals surface area (Å²) in [5, 5.41) is 5.30. The minimum atomic E-state index is 0.0503. The summed E-state index contributed by atoms with van der Waals surface area (Å²) in [6.45, 7) is 5.52. The van der Waals surface area contributed by atoms with E-state index in [9.17, 15) is 4.79 Å². The lowest BCUT2D eigenvalue weighted by atomic mass is 10.1. The van der Waals surface area contributed by atoms with Gasteiger partial charge in [-0.05, 0) is 43.0 Å². The Hall–Kier alpha value is -1.81. The maximum absolute atomic E-state index is 12.6. The van der Waals surface area contributed by atoms with Gasteiger partial charge in [0.05, 0.1) is 12.1 Å². The van der Waals surface area contributed by atoms with Crippen LogP contribution in [0.2, 0.25) is 0 Å². The number of carbonyl (C=O) groups is 1. The summed E-state index contributed by atoms with van der Waals surface area (Å²) in [5.41, 5.74) is 2.80. The molecule has 0 aliphatic heterocycles. The molecule has 0 bridgehead atoms. The Labute approximate surface area is 124 Å². The third kappa shape index (κ3) is 3.39. The number of carbonyl (C=O) groups excluding carboxylic acids is 1. The number of benzene rings is 1. The molecule has 0 unspecified atom stereocenters. The standard InChI is InChI=1S/C16H20N2OS/c1-4-17-15-10-12(2)7-8-14(15)16(19)18(3)11-13-6-5-9-20-13/h5-10,17H,4,11H2,1-3H3. The number of anilines is 1. The molecule has 1 N–H and O–H groups in total. The van der Waals surface area contributed by atoms with E-state index in [-0.39, 0.29) is 5.91 Å². The van der Waals surface area contributed by atoms with E-state index in [4.69, 9.17) is 0 Å². The molecule has 0 radical (unpaired) electrons. The lowest BCUT2D eigenvalue weighted by molar-refractivity contribution is 0.0787. The van der Waals surface area contributed by atoms with Crippen LogP contribution in [0.4, 0.5) is 5.69 Å². The minimum Gasteiger partial charge on any atom is -0.385 e. The molecule has 20 heavy (non-hydrogen) atoms. The Morgan fingerprint density at radius 1 is 1.35 bits per heavy atom. The van der Waals surface area contributed by atoms with Crippen LogP contribution in [-0.2, 0) is 6.54 Å². The molecule has 1 amide bonds. The van der Waals surface area contributed by atoms with Crippen molar-refractivity contribution in [2.75, 3.05) is 18.9 Å². The molecule has 0 fully saturated rings. The maximum atomic E-state index is 12.6. The van der Waals surface area contributed by atoms with Gasteiger partial charge in [0.2, 0.25) is 0 Å². The first kappa shape index (κ1) is 14.6. The first-order valence-electron chi connectivity index (χ1n) is 6.74. The van der Waals surface area contributed by atoms with Gasteiger partial charge in [-0.2, -0.15) is 0 Å². The average Bonchev–Trinajstić information content (AvgIpc) is 2.91. The van der Waals surface area contributed by atoms with Gasteiger partial charge in [0, 0.05) is 24.2 Å². The van der Waals surface area contributed by atoms with Crippen molar-refractivity contribution in [1.29, 1.82) is 0 Å². The van der Waals surface area contributed by atoms with Crippen LogP contribution in [-0.4, -0.2) is 24.4 Å². The molecule has 1 aromatic carbocycles. The summed E-state index contributed by atoms with van der Waals surface area (Å²) in [4.78, 5) is 15.5. The van der Waals surface area contributed by atoms with Gasteiger partial charge < -0.3 is 10.2 Å². The van der Waals surface area contributed by atoms with Crippen molar-refractivity contribution in [3.05, 3.63) is 51.7 Å². The van der Waals surface area contributed by atoms with Gasteiger partial charge in [-0.15, -0.1) is 11.3 Å². The normalized spacial score (nSPS) is 10.3. The lowest BCUT2D eigenvalue weighted by Crippen LogP contribution is -2.26. The monoisotopic (exact) mass is 288 g/mol. The highest BCUT2D eigenvalue weighted by molar-refractivity contribution is 7.09. The van der Waals surface area contributed by atoms with Gasteiger partial charge >= 0.3 is 0 Å². The number of nitrogens with zero attached hydrogens (tertiary/aromatic N) is 1. The van der Waals surface area contributed by atoms with E-state index in [0.717, 1.165) is 23.4 Å². The number of thiophene rings is 1. The van der Waals surface area contributed by atoms with E-state index in [1.165, 1.54) is 4.88 Å². The highest BCUT2D eigenvalue weighted by Gasteiger charge is 2.16. The van der Waals surface area contributed by atoms with E-state index < -0.39 is 0 Å². The Kier molecular flexibility index (Phi) is 4.79. The molecule has 3 nitrogen and oxygen atoms in total. The molecule has 1 heterocycles. The summed E-state index contributed by atoms with van der Waals surface area (Å²) >= 11 is 1.67. The second-order valence-electron chi connectivity index (χ2n) is 4.82. The molecule has 0 atom stereocenters. The quantitative estimate of drug-likeness (QED) is 0.908. The zero-order valence-corrected chi connectivity index (χ0v) is 13.0. The van der Waals surface area contributed by atoms with E-state index in [1.807, 2.05) is 50.5 Å². The number of hydrogen-bond acceptors (Lipinski definition) is 3. The Balaban J connectivity index is 2.19. The first-order chi connectivity index (χ1) is 9.61. The van der Waals surface area contributed by atoms with Gasteiger partial charge in [-0.1, -0.05) is 12.1 Å². The van der Waals surface area contributed by atoms with Crippen LogP contribution in [0.3, 0.4) is 0 Å². The van der Waals surface area contributed by atoms with Crippen LogP contribution in [0.1, 0.15) is 27.7 Å². The van der Waals surface area contributed by atoms with Crippen LogP contribution in [0.5, 0.6) is 0 Å². The Bertz CT molecular complexity index is 578. The van der Waals surface area contributed by atoms with Gasteiger partial charge in [-0.3, -0.25) is 4.79 Å². The van der Waals surface area contributed by atoms with Crippen molar-refractivity contribution in [1.82, 2.24) is 4.90 Å². The number of nitrogens with one attached hydrogen (secondary N) is 1.